The van der Waals surface area contributed by atoms with Crippen LogP contribution in [0.3, 0.4) is 0 Å². The zero-order chi connectivity index (χ0) is 13.0. The molecule has 18 heavy (non-hydrogen) atoms. The van der Waals surface area contributed by atoms with Gasteiger partial charge in [-0.2, -0.15) is 4.98 Å². The van der Waals surface area contributed by atoms with Crippen LogP contribution in [0, 0.1) is 0 Å². The number of aromatic nitrogens is 3. The quantitative estimate of drug-likeness (QED) is 0.751. The number of methoxy groups -OCH3 is 1. The van der Waals surface area contributed by atoms with Gasteiger partial charge in [0.25, 0.3) is 0 Å². The van der Waals surface area contributed by atoms with E-state index in [0.717, 1.165) is 12.2 Å². The van der Waals surface area contributed by atoms with E-state index in [1.54, 1.807) is 31.6 Å². The average molecular weight is 247 g/mol. The van der Waals surface area contributed by atoms with Gasteiger partial charge in [0, 0.05) is 18.5 Å². The first-order valence-corrected chi connectivity index (χ1v) is 5.81. The Bertz CT molecular complexity index is 497. The minimum absolute atomic E-state index is 0.0434. The molecule has 0 fully saturated rings. The minimum atomic E-state index is 0.0434. The van der Waals surface area contributed by atoms with Gasteiger partial charge in [0.1, 0.15) is 5.82 Å². The van der Waals surface area contributed by atoms with Crippen molar-refractivity contribution >= 4 is 11.5 Å². The standard InChI is InChI=1S/C12H17N5O/c1-3-9(12-14-6-7-15-12)16-11-8(13)4-5-10(17-11)18-2/h4-7,9H,3,13H2,1-2H3,(H,14,15)(H,16,17). The molecule has 2 rings (SSSR count). The van der Waals surface area contributed by atoms with E-state index in [1.165, 1.54) is 0 Å². The van der Waals surface area contributed by atoms with Crippen LogP contribution in [0.2, 0.25) is 0 Å². The van der Waals surface area contributed by atoms with Crippen LogP contribution in [0.25, 0.3) is 0 Å². The molecule has 0 aromatic carbocycles. The number of nitrogens with two attached hydrogens (primary N) is 1. The van der Waals surface area contributed by atoms with E-state index in [4.69, 9.17) is 10.5 Å². The van der Waals surface area contributed by atoms with Crippen molar-refractivity contribution in [1.82, 2.24) is 15.0 Å². The van der Waals surface area contributed by atoms with Crippen LogP contribution in [0.5, 0.6) is 5.88 Å². The summed E-state index contributed by atoms with van der Waals surface area (Å²) in [6.07, 6.45) is 4.38. The average Bonchev–Trinajstić information content (AvgIpc) is 2.91. The van der Waals surface area contributed by atoms with Gasteiger partial charge < -0.3 is 20.8 Å². The number of anilines is 2. The number of nitrogens with one attached hydrogen (secondary N) is 2. The minimum Gasteiger partial charge on any atom is -0.481 e. The highest BCUT2D eigenvalue weighted by atomic mass is 16.5. The monoisotopic (exact) mass is 247 g/mol. The van der Waals surface area contributed by atoms with Gasteiger partial charge in [0.05, 0.1) is 18.8 Å². The van der Waals surface area contributed by atoms with E-state index in [9.17, 15) is 0 Å². The molecule has 0 aliphatic heterocycles. The number of nitrogen functional groups attached to an aromatic ring is 1. The molecule has 6 heteroatoms. The van der Waals surface area contributed by atoms with Crippen LogP contribution in [-0.2, 0) is 0 Å². The lowest BCUT2D eigenvalue weighted by Crippen LogP contribution is -2.14. The van der Waals surface area contributed by atoms with Crippen molar-refractivity contribution < 1.29 is 4.74 Å². The van der Waals surface area contributed by atoms with Crippen molar-refractivity contribution in [2.75, 3.05) is 18.2 Å². The molecular weight excluding hydrogens is 230 g/mol. The number of ether oxygens (including phenoxy) is 1. The Morgan fingerprint density at radius 1 is 1.50 bits per heavy atom. The van der Waals surface area contributed by atoms with E-state index in [0.29, 0.717) is 17.4 Å². The van der Waals surface area contributed by atoms with E-state index in [1.807, 2.05) is 0 Å². The third-order valence-electron chi connectivity index (χ3n) is 2.68. The van der Waals surface area contributed by atoms with E-state index < -0.39 is 0 Å². The molecule has 2 aromatic heterocycles. The Hall–Kier alpha value is -2.24. The summed E-state index contributed by atoms with van der Waals surface area (Å²) in [7, 11) is 1.58. The number of imidazole rings is 1. The first-order chi connectivity index (χ1) is 8.74. The van der Waals surface area contributed by atoms with Gasteiger partial charge in [0.15, 0.2) is 5.82 Å². The van der Waals surface area contributed by atoms with E-state index in [-0.39, 0.29) is 6.04 Å². The summed E-state index contributed by atoms with van der Waals surface area (Å²) in [6, 6.07) is 3.54. The molecule has 2 heterocycles. The fourth-order valence-electron chi connectivity index (χ4n) is 1.68. The van der Waals surface area contributed by atoms with Crippen molar-refractivity contribution in [1.29, 1.82) is 0 Å². The van der Waals surface area contributed by atoms with Crippen LogP contribution in [0.4, 0.5) is 11.5 Å². The topological polar surface area (TPSA) is 88.8 Å². The predicted octanol–water partition coefficient (Wildman–Crippen LogP) is 1.96. The summed E-state index contributed by atoms with van der Waals surface area (Å²) in [5, 5.41) is 3.26. The van der Waals surface area contributed by atoms with Crippen molar-refractivity contribution in [3.05, 3.63) is 30.4 Å². The van der Waals surface area contributed by atoms with Crippen LogP contribution >= 0.6 is 0 Å². The maximum absolute atomic E-state index is 5.89. The molecule has 1 atom stereocenters. The molecular formula is C12H17N5O. The number of rotatable bonds is 5. The number of hydrogen-bond acceptors (Lipinski definition) is 5. The summed E-state index contributed by atoms with van der Waals surface area (Å²) in [6.45, 7) is 2.07. The number of hydrogen-bond donors (Lipinski definition) is 3. The van der Waals surface area contributed by atoms with Gasteiger partial charge >= 0.3 is 0 Å². The molecule has 1 unspecified atom stereocenters. The zero-order valence-corrected chi connectivity index (χ0v) is 10.5. The molecule has 0 bridgehead atoms. The second-order valence-corrected chi connectivity index (χ2v) is 3.87. The highest BCUT2D eigenvalue weighted by molar-refractivity contribution is 5.62. The fraction of sp³-hybridized carbons (Fsp3) is 0.333. The summed E-state index contributed by atoms with van der Waals surface area (Å²) in [5.41, 5.74) is 6.47. The van der Waals surface area contributed by atoms with Crippen LogP contribution in [0.1, 0.15) is 25.2 Å². The van der Waals surface area contributed by atoms with Gasteiger partial charge in [0.2, 0.25) is 5.88 Å². The molecule has 0 saturated carbocycles. The van der Waals surface area contributed by atoms with Gasteiger partial charge in [-0.1, -0.05) is 6.92 Å². The summed E-state index contributed by atoms with van der Waals surface area (Å²) >= 11 is 0. The van der Waals surface area contributed by atoms with Gasteiger partial charge in [-0.15, -0.1) is 0 Å². The third kappa shape index (κ3) is 2.53. The normalized spacial score (nSPS) is 12.1. The highest BCUT2D eigenvalue weighted by Gasteiger charge is 2.14. The smallest absolute Gasteiger partial charge is 0.215 e. The molecule has 6 nitrogen and oxygen atoms in total. The predicted molar refractivity (Wildman–Crippen MR) is 70.4 cm³/mol. The second-order valence-electron chi connectivity index (χ2n) is 3.87. The molecule has 4 N–H and O–H groups in total. The van der Waals surface area contributed by atoms with Gasteiger partial charge in [-0.25, -0.2) is 4.98 Å². The number of aromatic amines is 1. The number of H-pyrrole nitrogens is 1. The fourth-order valence-corrected chi connectivity index (χ4v) is 1.68. The van der Waals surface area contributed by atoms with Crippen LogP contribution in [-0.4, -0.2) is 22.1 Å². The first-order valence-electron chi connectivity index (χ1n) is 5.81. The summed E-state index contributed by atoms with van der Waals surface area (Å²) < 4.78 is 5.09. The maximum atomic E-state index is 5.89. The lowest BCUT2D eigenvalue weighted by Gasteiger charge is -2.17. The van der Waals surface area contributed by atoms with Crippen molar-refractivity contribution in [2.45, 2.75) is 19.4 Å². The SMILES string of the molecule is CCC(Nc1nc(OC)ccc1N)c1ncc[nH]1. The number of nitrogens with zero attached hydrogens (tertiary/aromatic N) is 2. The van der Waals surface area contributed by atoms with Crippen molar-refractivity contribution in [3.8, 4) is 5.88 Å². The molecule has 0 aliphatic carbocycles. The molecule has 0 amide bonds. The molecule has 2 aromatic rings. The van der Waals surface area contributed by atoms with E-state index in [2.05, 4.69) is 27.2 Å². The third-order valence-corrected chi connectivity index (χ3v) is 2.68. The summed E-state index contributed by atoms with van der Waals surface area (Å²) in [5.74, 6) is 2.00. The molecule has 0 aliphatic rings. The van der Waals surface area contributed by atoms with Crippen LogP contribution in [0.15, 0.2) is 24.5 Å². The van der Waals surface area contributed by atoms with Gasteiger partial charge in [-0.3, -0.25) is 0 Å². The Kier molecular flexibility index (Phi) is 3.66. The Morgan fingerprint density at radius 2 is 2.33 bits per heavy atom. The largest absolute Gasteiger partial charge is 0.481 e. The Balaban J connectivity index is 2.21. The Morgan fingerprint density at radius 3 is 2.94 bits per heavy atom. The van der Waals surface area contributed by atoms with Crippen molar-refractivity contribution in [2.24, 2.45) is 0 Å². The highest BCUT2D eigenvalue weighted by Crippen LogP contribution is 2.25. The lowest BCUT2D eigenvalue weighted by molar-refractivity contribution is 0.398. The molecule has 0 radical (unpaired) electrons. The molecule has 0 saturated heterocycles. The molecule has 0 spiro atoms. The van der Waals surface area contributed by atoms with Crippen molar-refractivity contribution in [3.63, 3.8) is 0 Å². The van der Waals surface area contributed by atoms with Crippen LogP contribution < -0.4 is 15.8 Å². The zero-order valence-electron chi connectivity index (χ0n) is 10.5. The number of pyridine rings is 1. The second kappa shape index (κ2) is 5.39. The lowest BCUT2D eigenvalue weighted by atomic mass is 10.2. The Labute approximate surface area is 106 Å². The van der Waals surface area contributed by atoms with E-state index >= 15 is 0 Å². The van der Waals surface area contributed by atoms with Gasteiger partial charge in [-0.05, 0) is 12.5 Å². The first kappa shape index (κ1) is 12.2. The summed E-state index contributed by atoms with van der Waals surface area (Å²) in [4.78, 5) is 11.6. The maximum Gasteiger partial charge on any atom is 0.215 e. The molecule has 96 valence electrons.